The maximum Gasteiger partial charge on any atom is 0.269 e. The van der Waals surface area contributed by atoms with E-state index in [4.69, 9.17) is 16.7 Å². The van der Waals surface area contributed by atoms with Crippen molar-refractivity contribution in [1.29, 1.82) is 0 Å². The Morgan fingerprint density at radius 1 is 1.00 bits per heavy atom. The molecule has 1 aliphatic heterocycles. The van der Waals surface area contributed by atoms with Crippen LogP contribution in [0.3, 0.4) is 0 Å². The van der Waals surface area contributed by atoms with E-state index in [2.05, 4.69) is 0 Å². The summed E-state index contributed by atoms with van der Waals surface area (Å²) >= 11 is 6.00. The third-order valence-corrected chi connectivity index (χ3v) is 4.83. The fourth-order valence-corrected chi connectivity index (χ4v) is 3.38. The summed E-state index contributed by atoms with van der Waals surface area (Å²) in [4.78, 5) is 10.8. The summed E-state index contributed by atoms with van der Waals surface area (Å²) in [7, 11) is 0. The van der Waals surface area contributed by atoms with E-state index in [0.717, 1.165) is 22.5 Å². The van der Waals surface area contributed by atoms with Gasteiger partial charge in [-0.05, 0) is 35.4 Å². The van der Waals surface area contributed by atoms with Crippen LogP contribution in [0.25, 0.3) is 0 Å². The van der Waals surface area contributed by atoms with E-state index in [9.17, 15) is 10.1 Å². The summed E-state index contributed by atoms with van der Waals surface area (Å²) in [5.74, 6) is 0. The van der Waals surface area contributed by atoms with Gasteiger partial charge in [-0.15, -0.1) is 0 Å². The number of hydrazone groups is 1. The Labute approximate surface area is 161 Å². The average Bonchev–Trinajstić information content (AvgIpc) is 3.15. The lowest BCUT2D eigenvalue weighted by Crippen LogP contribution is -2.18. The van der Waals surface area contributed by atoms with Gasteiger partial charge in [0.25, 0.3) is 5.69 Å². The van der Waals surface area contributed by atoms with E-state index in [1.165, 1.54) is 6.07 Å². The summed E-state index contributed by atoms with van der Waals surface area (Å²) in [6.45, 7) is 0. The molecule has 0 radical (unpaired) electrons. The second-order valence-corrected chi connectivity index (χ2v) is 6.74. The Morgan fingerprint density at radius 2 is 1.74 bits per heavy atom. The average molecular weight is 378 g/mol. The van der Waals surface area contributed by atoms with Gasteiger partial charge >= 0.3 is 0 Å². The molecule has 5 nitrogen and oxygen atoms in total. The highest BCUT2D eigenvalue weighted by Gasteiger charge is 2.30. The van der Waals surface area contributed by atoms with E-state index in [1.807, 2.05) is 65.7 Å². The third kappa shape index (κ3) is 3.55. The molecule has 0 saturated carbocycles. The van der Waals surface area contributed by atoms with Crippen LogP contribution in [-0.4, -0.2) is 10.6 Å². The lowest BCUT2D eigenvalue weighted by molar-refractivity contribution is -0.384. The van der Waals surface area contributed by atoms with E-state index in [-0.39, 0.29) is 16.7 Å². The molecule has 0 aliphatic carbocycles. The number of halogens is 1. The molecule has 1 aliphatic rings. The molecule has 0 bridgehead atoms. The van der Waals surface area contributed by atoms with E-state index < -0.39 is 0 Å². The fraction of sp³-hybridized carbons (Fsp3) is 0.0952. The Morgan fingerprint density at radius 3 is 2.44 bits per heavy atom. The summed E-state index contributed by atoms with van der Waals surface area (Å²) < 4.78 is 0. The van der Waals surface area contributed by atoms with Crippen molar-refractivity contribution >= 4 is 28.7 Å². The van der Waals surface area contributed by atoms with Crippen LogP contribution in [0.4, 0.5) is 11.4 Å². The van der Waals surface area contributed by atoms with Crippen LogP contribution in [0.5, 0.6) is 0 Å². The minimum atomic E-state index is -0.369. The molecule has 0 fully saturated rings. The summed E-state index contributed by atoms with van der Waals surface area (Å²) in [5, 5.41) is 18.6. The van der Waals surface area contributed by atoms with Crippen molar-refractivity contribution in [2.45, 2.75) is 12.5 Å². The monoisotopic (exact) mass is 377 g/mol. The van der Waals surface area contributed by atoms with Crippen LogP contribution in [0.2, 0.25) is 5.02 Å². The highest BCUT2D eigenvalue weighted by Crippen LogP contribution is 2.37. The van der Waals surface area contributed by atoms with E-state index in [0.29, 0.717) is 11.4 Å². The topological polar surface area (TPSA) is 58.7 Å². The molecule has 1 heterocycles. The zero-order valence-electron chi connectivity index (χ0n) is 14.3. The smallest absolute Gasteiger partial charge is 0.258 e. The van der Waals surface area contributed by atoms with Crippen LogP contribution in [0.15, 0.2) is 84.0 Å². The van der Waals surface area contributed by atoms with Gasteiger partial charge in [-0.2, -0.15) is 5.10 Å². The molecule has 6 heteroatoms. The lowest BCUT2D eigenvalue weighted by Gasteiger charge is -2.23. The largest absolute Gasteiger partial charge is 0.269 e. The minimum Gasteiger partial charge on any atom is -0.258 e. The molecule has 3 aromatic rings. The van der Waals surface area contributed by atoms with Gasteiger partial charge in [-0.3, -0.25) is 15.1 Å². The molecule has 3 aromatic carbocycles. The van der Waals surface area contributed by atoms with Crippen molar-refractivity contribution in [3.63, 3.8) is 0 Å². The Kier molecular flexibility index (Phi) is 4.60. The molecular weight excluding hydrogens is 362 g/mol. The number of nitro benzene ring substituents is 1. The normalized spacial score (nSPS) is 16.3. The number of non-ortho nitro benzene ring substituents is 1. The molecule has 0 aromatic heterocycles. The summed E-state index contributed by atoms with van der Waals surface area (Å²) in [6.07, 6.45) is 0.650. The molecule has 27 heavy (non-hydrogen) atoms. The Hall–Kier alpha value is -3.18. The van der Waals surface area contributed by atoms with Crippen molar-refractivity contribution in [1.82, 2.24) is 0 Å². The van der Waals surface area contributed by atoms with Crippen LogP contribution >= 0.6 is 11.6 Å². The van der Waals surface area contributed by atoms with Gasteiger partial charge in [0.05, 0.1) is 22.4 Å². The van der Waals surface area contributed by atoms with Crippen LogP contribution < -0.4 is 5.01 Å². The maximum atomic E-state index is 11.2. The molecule has 0 N–H and O–H groups in total. The number of anilines is 1. The number of benzene rings is 3. The van der Waals surface area contributed by atoms with Crippen molar-refractivity contribution in [2.24, 2.45) is 5.10 Å². The Balaban J connectivity index is 1.75. The van der Waals surface area contributed by atoms with E-state index >= 15 is 0 Å². The molecule has 134 valence electrons. The predicted octanol–water partition coefficient (Wildman–Crippen LogP) is 5.60. The van der Waals surface area contributed by atoms with Gasteiger partial charge in [-0.1, -0.05) is 54.1 Å². The van der Waals surface area contributed by atoms with Crippen LogP contribution in [0, 0.1) is 10.1 Å². The summed E-state index contributed by atoms with van der Waals surface area (Å²) in [6, 6.07) is 24.0. The SMILES string of the molecule is O=[N+]([O-])c1cccc([C@H]2CC(c3ccc(Cl)cc3)=NN2c2ccccc2)c1. The number of nitro groups is 1. The van der Waals surface area contributed by atoms with Gasteiger partial charge < -0.3 is 0 Å². The van der Waals surface area contributed by atoms with Crippen LogP contribution in [-0.2, 0) is 0 Å². The maximum absolute atomic E-state index is 11.2. The molecule has 1 atom stereocenters. The lowest BCUT2D eigenvalue weighted by atomic mass is 9.98. The molecular formula is C21H16ClN3O2. The second-order valence-electron chi connectivity index (χ2n) is 6.31. The first-order valence-electron chi connectivity index (χ1n) is 8.54. The van der Waals surface area contributed by atoms with E-state index in [1.54, 1.807) is 12.1 Å². The first kappa shape index (κ1) is 17.2. The highest BCUT2D eigenvalue weighted by molar-refractivity contribution is 6.30. The predicted molar refractivity (Wildman–Crippen MR) is 107 cm³/mol. The molecule has 0 amide bonds. The van der Waals surface area contributed by atoms with Gasteiger partial charge in [0.15, 0.2) is 0 Å². The number of hydrogen-bond acceptors (Lipinski definition) is 4. The van der Waals surface area contributed by atoms with Gasteiger partial charge in [0.1, 0.15) is 0 Å². The molecule has 0 spiro atoms. The number of hydrogen-bond donors (Lipinski definition) is 0. The van der Waals surface area contributed by atoms with Crippen LogP contribution in [0.1, 0.15) is 23.6 Å². The molecule has 0 unspecified atom stereocenters. The third-order valence-electron chi connectivity index (χ3n) is 4.57. The minimum absolute atomic E-state index is 0.0838. The van der Waals surface area contributed by atoms with Gasteiger partial charge in [-0.25, -0.2) is 0 Å². The first-order chi connectivity index (χ1) is 13.1. The Bertz CT molecular complexity index is 1000. The van der Waals surface area contributed by atoms with Gasteiger partial charge in [0.2, 0.25) is 0 Å². The molecule has 0 saturated heterocycles. The van der Waals surface area contributed by atoms with Crippen molar-refractivity contribution in [3.8, 4) is 0 Å². The number of rotatable bonds is 4. The zero-order valence-corrected chi connectivity index (χ0v) is 15.1. The summed E-state index contributed by atoms with van der Waals surface area (Å²) in [5.41, 5.74) is 3.81. The van der Waals surface area contributed by atoms with Crippen molar-refractivity contribution in [2.75, 3.05) is 5.01 Å². The number of nitrogens with zero attached hydrogens (tertiary/aromatic N) is 3. The second kappa shape index (κ2) is 7.21. The number of para-hydroxylation sites is 1. The fourth-order valence-electron chi connectivity index (χ4n) is 3.25. The quantitative estimate of drug-likeness (QED) is 0.439. The van der Waals surface area contributed by atoms with Crippen molar-refractivity contribution < 1.29 is 4.92 Å². The zero-order chi connectivity index (χ0) is 18.8. The standard InChI is InChI=1S/C21H16ClN3O2/c22-17-11-9-15(10-12-17)20-14-21(16-5-4-8-19(13-16)25(26)27)24(23-20)18-6-2-1-3-7-18/h1-13,21H,14H2/t21-/m1/s1. The van der Waals surface area contributed by atoms with Crippen molar-refractivity contribution in [3.05, 3.63) is 105 Å². The molecule has 4 rings (SSSR count). The highest BCUT2D eigenvalue weighted by atomic mass is 35.5. The van der Waals surface area contributed by atoms with Gasteiger partial charge in [0, 0.05) is 23.6 Å². The first-order valence-corrected chi connectivity index (χ1v) is 8.92.